The van der Waals surface area contributed by atoms with Crippen molar-refractivity contribution in [3.05, 3.63) is 40.2 Å². The summed E-state index contributed by atoms with van der Waals surface area (Å²) >= 11 is 3.22. The standard InChI is InChI=1S/C16H17BrFN3/c1-19-15-9-14(10-4-2-3-5-10)20-16(21-15)11-6-7-13(18)12(17)8-11/h6-10H,2-5H2,1H3,(H,19,20,21). The average Bonchev–Trinajstić information content (AvgIpc) is 3.04. The van der Waals surface area contributed by atoms with Gasteiger partial charge in [0.25, 0.3) is 0 Å². The first-order valence-corrected chi connectivity index (χ1v) is 7.99. The molecule has 0 amide bonds. The lowest BCUT2D eigenvalue weighted by molar-refractivity contribution is 0.621. The summed E-state index contributed by atoms with van der Waals surface area (Å²) in [5, 5.41) is 3.09. The fraction of sp³-hybridized carbons (Fsp3) is 0.375. The summed E-state index contributed by atoms with van der Waals surface area (Å²) in [4.78, 5) is 9.21. The first kappa shape index (κ1) is 14.4. The normalized spacial score (nSPS) is 15.4. The van der Waals surface area contributed by atoms with Gasteiger partial charge in [-0.05, 0) is 47.0 Å². The number of nitrogens with one attached hydrogen (secondary N) is 1. The zero-order valence-corrected chi connectivity index (χ0v) is 13.5. The van der Waals surface area contributed by atoms with Crippen LogP contribution in [0.2, 0.25) is 0 Å². The van der Waals surface area contributed by atoms with Crippen molar-refractivity contribution in [2.24, 2.45) is 0 Å². The maximum atomic E-state index is 13.4. The Hall–Kier alpha value is -1.49. The first-order valence-electron chi connectivity index (χ1n) is 7.19. The lowest BCUT2D eigenvalue weighted by Crippen LogP contribution is -2.04. The Morgan fingerprint density at radius 2 is 1.95 bits per heavy atom. The van der Waals surface area contributed by atoms with Crippen LogP contribution in [0.15, 0.2) is 28.7 Å². The molecule has 5 heteroatoms. The van der Waals surface area contributed by atoms with Gasteiger partial charge in [0.05, 0.1) is 4.47 Å². The predicted octanol–water partition coefficient (Wildman–Crippen LogP) is 4.74. The molecule has 1 fully saturated rings. The summed E-state index contributed by atoms with van der Waals surface area (Å²) < 4.78 is 13.8. The molecule has 1 aliphatic carbocycles. The molecule has 1 heterocycles. The molecular weight excluding hydrogens is 333 g/mol. The van der Waals surface area contributed by atoms with Gasteiger partial charge in [0.1, 0.15) is 11.6 Å². The fourth-order valence-corrected chi connectivity index (χ4v) is 3.17. The second kappa shape index (κ2) is 6.10. The molecule has 0 radical (unpaired) electrons. The Kier molecular flexibility index (Phi) is 4.19. The molecule has 1 aliphatic rings. The van der Waals surface area contributed by atoms with Gasteiger partial charge in [0.15, 0.2) is 5.82 Å². The van der Waals surface area contributed by atoms with E-state index in [0.717, 1.165) is 17.1 Å². The summed E-state index contributed by atoms with van der Waals surface area (Å²) in [6.07, 6.45) is 4.90. The van der Waals surface area contributed by atoms with Gasteiger partial charge in [0, 0.05) is 30.3 Å². The predicted molar refractivity (Wildman–Crippen MR) is 85.9 cm³/mol. The summed E-state index contributed by atoms with van der Waals surface area (Å²) in [6.45, 7) is 0. The molecule has 1 saturated carbocycles. The van der Waals surface area contributed by atoms with Gasteiger partial charge in [0.2, 0.25) is 0 Å². The van der Waals surface area contributed by atoms with Crippen LogP contribution < -0.4 is 5.32 Å². The van der Waals surface area contributed by atoms with Crippen LogP contribution in [0.3, 0.4) is 0 Å². The van der Waals surface area contributed by atoms with Crippen molar-refractivity contribution in [1.82, 2.24) is 9.97 Å². The molecule has 110 valence electrons. The van der Waals surface area contributed by atoms with Gasteiger partial charge in [-0.1, -0.05) is 12.8 Å². The van der Waals surface area contributed by atoms with E-state index >= 15 is 0 Å². The van der Waals surface area contributed by atoms with Gasteiger partial charge in [-0.3, -0.25) is 0 Å². The third-order valence-electron chi connectivity index (χ3n) is 3.95. The van der Waals surface area contributed by atoms with E-state index in [1.54, 1.807) is 12.1 Å². The molecular formula is C16H17BrFN3. The summed E-state index contributed by atoms with van der Waals surface area (Å²) in [5.41, 5.74) is 1.90. The number of aromatic nitrogens is 2. The minimum absolute atomic E-state index is 0.278. The van der Waals surface area contributed by atoms with Crippen molar-refractivity contribution in [1.29, 1.82) is 0 Å². The Morgan fingerprint density at radius 3 is 2.62 bits per heavy atom. The summed E-state index contributed by atoms with van der Waals surface area (Å²) in [7, 11) is 1.85. The van der Waals surface area contributed by atoms with E-state index in [4.69, 9.17) is 4.98 Å². The topological polar surface area (TPSA) is 37.8 Å². The highest BCUT2D eigenvalue weighted by atomic mass is 79.9. The fourth-order valence-electron chi connectivity index (χ4n) is 2.79. The lowest BCUT2D eigenvalue weighted by Gasteiger charge is -2.12. The van der Waals surface area contributed by atoms with Crippen molar-refractivity contribution in [3.63, 3.8) is 0 Å². The van der Waals surface area contributed by atoms with Gasteiger partial charge >= 0.3 is 0 Å². The van der Waals surface area contributed by atoms with Gasteiger partial charge < -0.3 is 5.32 Å². The Balaban J connectivity index is 2.04. The smallest absolute Gasteiger partial charge is 0.161 e. The van der Waals surface area contributed by atoms with Crippen LogP contribution in [0, 0.1) is 5.82 Å². The van der Waals surface area contributed by atoms with Crippen LogP contribution >= 0.6 is 15.9 Å². The van der Waals surface area contributed by atoms with E-state index in [9.17, 15) is 4.39 Å². The number of rotatable bonds is 3. The van der Waals surface area contributed by atoms with Gasteiger partial charge in [-0.2, -0.15) is 0 Å². The molecule has 2 aromatic rings. The Morgan fingerprint density at radius 1 is 1.19 bits per heavy atom. The second-order valence-corrected chi connectivity index (χ2v) is 6.22. The maximum Gasteiger partial charge on any atom is 0.161 e. The molecule has 1 aromatic carbocycles. The van der Waals surface area contributed by atoms with Crippen LogP contribution in [0.25, 0.3) is 11.4 Å². The molecule has 0 spiro atoms. The molecule has 3 nitrogen and oxygen atoms in total. The third kappa shape index (κ3) is 3.07. The number of nitrogens with zero attached hydrogens (tertiary/aromatic N) is 2. The summed E-state index contributed by atoms with van der Waals surface area (Å²) in [6, 6.07) is 6.90. The molecule has 21 heavy (non-hydrogen) atoms. The molecule has 0 bridgehead atoms. The maximum absolute atomic E-state index is 13.4. The molecule has 0 aliphatic heterocycles. The van der Waals surface area contributed by atoms with Crippen LogP contribution in [0.4, 0.5) is 10.2 Å². The number of hydrogen-bond donors (Lipinski definition) is 1. The Bertz CT molecular complexity index is 654. The number of anilines is 1. The lowest BCUT2D eigenvalue weighted by atomic mass is 10.0. The van der Waals surface area contributed by atoms with E-state index in [1.165, 1.54) is 31.7 Å². The molecule has 3 rings (SSSR count). The number of benzene rings is 1. The zero-order chi connectivity index (χ0) is 14.8. The largest absolute Gasteiger partial charge is 0.373 e. The number of hydrogen-bond acceptors (Lipinski definition) is 3. The van der Waals surface area contributed by atoms with Crippen LogP contribution in [0.5, 0.6) is 0 Å². The van der Waals surface area contributed by atoms with Crippen molar-refractivity contribution in [2.75, 3.05) is 12.4 Å². The van der Waals surface area contributed by atoms with E-state index in [1.807, 2.05) is 13.1 Å². The van der Waals surface area contributed by atoms with E-state index in [2.05, 4.69) is 26.2 Å². The molecule has 0 unspecified atom stereocenters. The van der Waals surface area contributed by atoms with Gasteiger partial charge in [-0.15, -0.1) is 0 Å². The second-order valence-electron chi connectivity index (χ2n) is 5.36. The molecule has 1 N–H and O–H groups in total. The highest BCUT2D eigenvalue weighted by Crippen LogP contribution is 2.35. The van der Waals surface area contributed by atoms with Crippen LogP contribution in [-0.4, -0.2) is 17.0 Å². The highest BCUT2D eigenvalue weighted by Gasteiger charge is 2.20. The number of halogens is 2. The molecule has 0 atom stereocenters. The van der Waals surface area contributed by atoms with E-state index in [0.29, 0.717) is 16.2 Å². The van der Waals surface area contributed by atoms with Crippen LogP contribution in [0.1, 0.15) is 37.3 Å². The minimum Gasteiger partial charge on any atom is -0.373 e. The quantitative estimate of drug-likeness (QED) is 0.869. The highest BCUT2D eigenvalue weighted by molar-refractivity contribution is 9.10. The Labute approximate surface area is 132 Å². The minimum atomic E-state index is -0.278. The van der Waals surface area contributed by atoms with Crippen molar-refractivity contribution >= 4 is 21.7 Å². The average molecular weight is 350 g/mol. The summed E-state index contributed by atoms with van der Waals surface area (Å²) in [5.74, 6) is 1.69. The van der Waals surface area contributed by atoms with Crippen LogP contribution in [-0.2, 0) is 0 Å². The SMILES string of the molecule is CNc1cc(C2CCCC2)nc(-c2ccc(F)c(Br)c2)n1. The zero-order valence-electron chi connectivity index (χ0n) is 11.9. The molecule has 1 aromatic heterocycles. The van der Waals surface area contributed by atoms with Crippen molar-refractivity contribution in [2.45, 2.75) is 31.6 Å². The third-order valence-corrected chi connectivity index (χ3v) is 4.56. The van der Waals surface area contributed by atoms with Crippen molar-refractivity contribution < 1.29 is 4.39 Å². The first-order chi connectivity index (χ1) is 10.2. The van der Waals surface area contributed by atoms with Gasteiger partial charge in [-0.25, -0.2) is 14.4 Å². The van der Waals surface area contributed by atoms with E-state index in [-0.39, 0.29) is 5.82 Å². The molecule has 0 saturated heterocycles. The van der Waals surface area contributed by atoms with E-state index < -0.39 is 0 Å². The van der Waals surface area contributed by atoms with Crippen molar-refractivity contribution in [3.8, 4) is 11.4 Å². The monoisotopic (exact) mass is 349 g/mol.